The van der Waals surface area contributed by atoms with E-state index >= 15 is 0 Å². The summed E-state index contributed by atoms with van der Waals surface area (Å²) in [6.07, 6.45) is 1.32. The Labute approximate surface area is 172 Å². The quantitative estimate of drug-likeness (QED) is 0.677. The second-order valence-electron chi connectivity index (χ2n) is 8.15. The fourth-order valence-corrected chi connectivity index (χ4v) is 4.39. The molecule has 0 radical (unpaired) electrons. The molecule has 1 fully saturated rings. The Morgan fingerprint density at radius 2 is 1.83 bits per heavy atom. The number of aryl methyl sites for hydroxylation is 3. The van der Waals surface area contributed by atoms with E-state index in [0.29, 0.717) is 12.5 Å². The molecule has 0 amide bonds. The highest BCUT2D eigenvalue weighted by molar-refractivity contribution is 5.76. The van der Waals surface area contributed by atoms with Crippen LogP contribution >= 0.6 is 0 Å². The van der Waals surface area contributed by atoms with Gasteiger partial charge in [-0.2, -0.15) is 0 Å². The van der Waals surface area contributed by atoms with E-state index in [2.05, 4.69) is 29.7 Å². The minimum absolute atomic E-state index is 0.254. The molecule has 1 aromatic heterocycles. The van der Waals surface area contributed by atoms with Crippen LogP contribution < -0.4 is 4.74 Å². The van der Waals surface area contributed by atoms with Gasteiger partial charge in [-0.1, -0.05) is 29.8 Å². The number of aliphatic hydroxyl groups is 1. The first-order valence-corrected chi connectivity index (χ1v) is 10.4. The SMILES string of the molecule is Cc1cc(C)c(OCC(O)Cn2c(C3CCOCC3)nc3ccccc32)c(C)c1. The van der Waals surface area contributed by atoms with Crippen LogP contribution in [0.2, 0.25) is 0 Å². The second kappa shape index (κ2) is 8.56. The lowest BCUT2D eigenvalue weighted by Gasteiger charge is -2.24. The average Bonchev–Trinajstić information content (AvgIpc) is 3.06. The van der Waals surface area contributed by atoms with Crippen molar-refractivity contribution in [2.24, 2.45) is 0 Å². The van der Waals surface area contributed by atoms with Gasteiger partial charge in [-0.25, -0.2) is 4.98 Å². The molecule has 3 aromatic rings. The highest BCUT2D eigenvalue weighted by Crippen LogP contribution is 2.30. The number of rotatable bonds is 6. The lowest BCUT2D eigenvalue weighted by atomic mass is 9.99. The van der Waals surface area contributed by atoms with Crippen molar-refractivity contribution < 1.29 is 14.6 Å². The first kappa shape index (κ1) is 19.9. The van der Waals surface area contributed by atoms with E-state index < -0.39 is 6.10 Å². The molecule has 1 unspecified atom stereocenters. The number of aliphatic hydroxyl groups excluding tert-OH is 1. The van der Waals surface area contributed by atoms with Crippen LogP contribution in [0.3, 0.4) is 0 Å². The molecule has 1 atom stereocenters. The molecule has 1 saturated heterocycles. The molecule has 0 spiro atoms. The number of fused-ring (bicyclic) bond motifs is 1. The third kappa shape index (κ3) is 4.31. The van der Waals surface area contributed by atoms with E-state index in [-0.39, 0.29) is 6.61 Å². The van der Waals surface area contributed by atoms with Crippen LogP contribution in [0.15, 0.2) is 36.4 Å². The number of hydrogen-bond donors (Lipinski definition) is 1. The van der Waals surface area contributed by atoms with Crippen LogP contribution in [-0.2, 0) is 11.3 Å². The summed E-state index contributed by atoms with van der Waals surface area (Å²) in [5.41, 5.74) is 5.47. The van der Waals surface area contributed by atoms with E-state index in [1.54, 1.807) is 0 Å². The van der Waals surface area contributed by atoms with Gasteiger partial charge in [0.2, 0.25) is 0 Å². The Morgan fingerprint density at radius 1 is 1.14 bits per heavy atom. The van der Waals surface area contributed by atoms with Gasteiger partial charge in [0.05, 0.1) is 17.6 Å². The molecule has 1 aliphatic heterocycles. The predicted molar refractivity (Wildman–Crippen MR) is 115 cm³/mol. The maximum Gasteiger partial charge on any atom is 0.125 e. The van der Waals surface area contributed by atoms with Crippen molar-refractivity contribution in [1.29, 1.82) is 0 Å². The van der Waals surface area contributed by atoms with E-state index in [1.165, 1.54) is 5.56 Å². The number of nitrogens with zero attached hydrogens (tertiary/aromatic N) is 2. The van der Waals surface area contributed by atoms with Crippen LogP contribution in [0.25, 0.3) is 11.0 Å². The van der Waals surface area contributed by atoms with Crippen LogP contribution in [0.1, 0.15) is 41.3 Å². The van der Waals surface area contributed by atoms with E-state index in [9.17, 15) is 5.11 Å². The molecule has 0 saturated carbocycles. The van der Waals surface area contributed by atoms with Crippen molar-refractivity contribution in [3.63, 3.8) is 0 Å². The molecule has 154 valence electrons. The maximum atomic E-state index is 10.8. The number of aromatic nitrogens is 2. The molecule has 1 N–H and O–H groups in total. The smallest absolute Gasteiger partial charge is 0.125 e. The predicted octanol–water partition coefficient (Wildman–Crippen LogP) is 4.30. The van der Waals surface area contributed by atoms with Crippen molar-refractivity contribution in [3.05, 3.63) is 58.9 Å². The normalized spacial score (nSPS) is 16.3. The number of ether oxygens (including phenoxy) is 2. The van der Waals surface area contributed by atoms with Crippen LogP contribution in [0.4, 0.5) is 0 Å². The molecule has 0 bridgehead atoms. The Bertz CT molecular complexity index is 966. The van der Waals surface area contributed by atoms with Crippen molar-refractivity contribution in [3.8, 4) is 5.75 Å². The Morgan fingerprint density at radius 3 is 2.55 bits per heavy atom. The zero-order valence-corrected chi connectivity index (χ0v) is 17.5. The zero-order chi connectivity index (χ0) is 20.4. The number of para-hydroxylation sites is 2. The number of benzene rings is 2. The summed E-state index contributed by atoms with van der Waals surface area (Å²) >= 11 is 0. The van der Waals surface area contributed by atoms with Crippen LogP contribution in [-0.4, -0.2) is 40.6 Å². The summed E-state index contributed by atoms with van der Waals surface area (Å²) in [5.74, 6) is 2.29. The Balaban J connectivity index is 1.54. The molecule has 5 nitrogen and oxygen atoms in total. The second-order valence-corrected chi connectivity index (χ2v) is 8.15. The van der Waals surface area contributed by atoms with Gasteiger partial charge in [0, 0.05) is 19.1 Å². The lowest BCUT2D eigenvalue weighted by Crippen LogP contribution is -2.26. The van der Waals surface area contributed by atoms with Gasteiger partial charge in [-0.15, -0.1) is 0 Å². The van der Waals surface area contributed by atoms with Gasteiger partial charge in [-0.3, -0.25) is 0 Å². The molecule has 5 heteroatoms. The highest BCUT2D eigenvalue weighted by atomic mass is 16.5. The first-order valence-electron chi connectivity index (χ1n) is 10.4. The molecule has 1 aliphatic rings. The summed E-state index contributed by atoms with van der Waals surface area (Å²) < 4.78 is 13.7. The van der Waals surface area contributed by atoms with Gasteiger partial charge in [0.15, 0.2) is 0 Å². The lowest BCUT2D eigenvalue weighted by molar-refractivity contribution is 0.0779. The van der Waals surface area contributed by atoms with E-state index in [0.717, 1.165) is 59.8 Å². The van der Waals surface area contributed by atoms with Crippen molar-refractivity contribution in [2.75, 3.05) is 19.8 Å². The summed E-state index contributed by atoms with van der Waals surface area (Å²) in [4.78, 5) is 4.90. The van der Waals surface area contributed by atoms with E-state index in [1.807, 2.05) is 32.0 Å². The van der Waals surface area contributed by atoms with Crippen molar-refractivity contribution in [1.82, 2.24) is 9.55 Å². The van der Waals surface area contributed by atoms with Gasteiger partial charge in [0.25, 0.3) is 0 Å². The van der Waals surface area contributed by atoms with E-state index in [4.69, 9.17) is 14.5 Å². The summed E-state index contributed by atoms with van der Waals surface area (Å²) in [6.45, 7) is 8.45. The molecule has 2 heterocycles. The fraction of sp³-hybridized carbons (Fsp3) is 0.458. The third-order valence-corrected chi connectivity index (χ3v) is 5.69. The fourth-order valence-electron chi connectivity index (χ4n) is 4.39. The van der Waals surface area contributed by atoms with Crippen molar-refractivity contribution >= 4 is 11.0 Å². The average molecular weight is 395 g/mol. The van der Waals surface area contributed by atoms with Crippen LogP contribution in [0.5, 0.6) is 5.75 Å². The molecule has 2 aromatic carbocycles. The highest BCUT2D eigenvalue weighted by Gasteiger charge is 2.24. The maximum absolute atomic E-state index is 10.8. The summed E-state index contributed by atoms with van der Waals surface area (Å²) in [6, 6.07) is 12.4. The minimum atomic E-state index is -0.619. The molecule has 0 aliphatic carbocycles. The Kier molecular flexibility index (Phi) is 5.88. The number of imidazole rings is 1. The minimum Gasteiger partial charge on any atom is -0.490 e. The van der Waals surface area contributed by atoms with Gasteiger partial charge < -0.3 is 19.1 Å². The van der Waals surface area contributed by atoms with Crippen LogP contribution in [0, 0.1) is 20.8 Å². The van der Waals surface area contributed by atoms with Crippen molar-refractivity contribution in [2.45, 2.75) is 52.2 Å². The van der Waals surface area contributed by atoms with Gasteiger partial charge >= 0.3 is 0 Å². The van der Waals surface area contributed by atoms with Gasteiger partial charge in [0.1, 0.15) is 24.3 Å². The third-order valence-electron chi connectivity index (χ3n) is 5.69. The Hall–Kier alpha value is -2.37. The topological polar surface area (TPSA) is 56.5 Å². The molecule has 4 rings (SSSR count). The number of hydrogen-bond acceptors (Lipinski definition) is 4. The zero-order valence-electron chi connectivity index (χ0n) is 17.5. The molecular formula is C24H30N2O3. The summed E-state index contributed by atoms with van der Waals surface area (Å²) in [7, 11) is 0. The molecular weight excluding hydrogens is 364 g/mol. The van der Waals surface area contributed by atoms with Gasteiger partial charge in [-0.05, 0) is 56.9 Å². The largest absolute Gasteiger partial charge is 0.490 e. The summed E-state index contributed by atoms with van der Waals surface area (Å²) in [5, 5.41) is 10.8. The first-order chi connectivity index (χ1) is 14.0. The monoisotopic (exact) mass is 394 g/mol. The molecule has 29 heavy (non-hydrogen) atoms. The standard InChI is InChI=1S/C24H30N2O3/c1-16-12-17(2)23(18(3)13-16)29-15-20(27)14-26-22-7-5-4-6-21(22)25-24(26)19-8-10-28-11-9-19/h4-7,12-13,19-20,27H,8-11,14-15H2,1-3H3.